The van der Waals surface area contributed by atoms with Crippen LogP contribution >= 0.6 is 0 Å². The van der Waals surface area contributed by atoms with E-state index >= 15 is 0 Å². The lowest BCUT2D eigenvalue weighted by Gasteiger charge is -2.49. The van der Waals surface area contributed by atoms with E-state index < -0.39 is 9.76 Å². The molecule has 0 radical (unpaired) electrons. The second-order valence-electron chi connectivity index (χ2n) is 11.2. The Labute approximate surface area is 179 Å². The molecule has 2 aliphatic rings. The Morgan fingerprint density at radius 1 is 0.821 bits per heavy atom. The van der Waals surface area contributed by atoms with Crippen LogP contribution in [0.3, 0.4) is 0 Å². The summed E-state index contributed by atoms with van der Waals surface area (Å²) in [6.45, 7) is 16.8. The van der Waals surface area contributed by atoms with Crippen LogP contribution in [0.5, 0.6) is 0 Å². The van der Waals surface area contributed by atoms with Gasteiger partial charge in [0.25, 0.3) is 0 Å². The molecule has 2 rings (SSSR count). The van der Waals surface area contributed by atoms with Gasteiger partial charge in [-0.1, -0.05) is 54.4 Å². The molecule has 0 bridgehead atoms. The van der Waals surface area contributed by atoms with Crippen molar-refractivity contribution in [3.05, 3.63) is 0 Å². The van der Waals surface area contributed by atoms with E-state index in [1.54, 1.807) is 0 Å². The maximum Gasteiger partial charge on any atom is 0.161 e. The molecular formula is C25H51NOSi. The molecule has 2 fully saturated rings. The summed E-state index contributed by atoms with van der Waals surface area (Å²) in [5, 5.41) is 0. The minimum absolute atomic E-state index is 0.392. The van der Waals surface area contributed by atoms with Crippen LogP contribution in [-0.4, -0.2) is 22.9 Å². The highest BCUT2D eigenvalue weighted by atomic mass is 28.2. The molecule has 0 aromatic heterocycles. The Balaban J connectivity index is 2.20. The van der Waals surface area contributed by atoms with E-state index in [1.807, 2.05) is 0 Å². The second kappa shape index (κ2) is 12.1. The molecule has 0 spiro atoms. The molecule has 0 saturated heterocycles. The molecule has 6 unspecified atom stereocenters. The van der Waals surface area contributed by atoms with Crippen molar-refractivity contribution in [3.8, 4) is 0 Å². The molecule has 2 nitrogen and oxygen atoms in total. The standard InChI is InChI=1S/C25H51NOSi/c1-17(2)21-10-8-19(5)14-23(21)25(16-27-28-13-7-12-26)24-15-20(6)9-11-22(24)18(3)4/h17-25H,7-16,26,28H2,1-6H3. The highest BCUT2D eigenvalue weighted by Gasteiger charge is 2.43. The molecule has 2 saturated carbocycles. The van der Waals surface area contributed by atoms with Gasteiger partial charge < -0.3 is 10.2 Å². The molecule has 0 aromatic rings. The summed E-state index contributed by atoms with van der Waals surface area (Å²) in [7, 11) is -0.392. The molecule has 166 valence electrons. The minimum atomic E-state index is -0.392. The number of nitrogens with two attached hydrogens (primary N) is 1. The Hall–Kier alpha value is 0.137. The lowest BCUT2D eigenvalue weighted by Crippen LogP contribution is -2.43. The van der Waals surface area contributed by atoms with E-state index in [9.17, 15) is 0 Å². The quantitative estimate of drug-likeness (QED) is 0.361. The van der Waals surface area contributed by atoms with Gasteiger partial charge in [-0.3, -0.25) is 0 Å². The van der Waals surface area contributed by atoms with Crippen LogP contribution in [0.25, 0.3) is 0 Å². The van der Waals surface area contributed by atoms with Crippen LogP contribution in [0.1, 0.15) is 86.5 Å². The van der Waals surface area contributed by atoms with Crippen LogP contribution < -0.4 is 5.73 Å². The van der Waals surface area contributed by atoms with Gasteiger partial charge >= 0.3 is 0 Å². The van der Waals surface area contributed by atoms with Crippen molar-refractivity contribution >= 4 is 9.76 Å². The number of rotatable bonds is 10. The summed E-state index contributed by atoms with van der Waals surface area (Å²) < 4.78 is 6.51. The predicted octanol–water partition coefficient (Wildman–Crippen LogP) is 5.89. The molecule has 6 atom stereocenters. The van der Waals surface area contributed by atoms with Gasteiger partial charge in [-0.2, -0.15) is 0 Å². The van der Waals surface area contributed by atoms with Gasteiger partial charge in [0.2, 0.25) is 0 Å². The lowest BCUT2D eigenvalue weighted by molar-refractivity contribution is -0.0149. The topological polar surface area (TPSA) is 35.2 Å². The molecule has 28 heavy (non-hydrogen) atoms. The first-order chi connectivity index (χ1) is 13.3. The summed E-state index contributed by atoms with van der Waals surface area (Å²) in [5.41, 5.74) is 5.70. The fourth-order valence-electron chi connectivity index (χ4n) is 6.67. The third-order valence-electron chi connectivity index (χ3n) is 8.30. The predicted molar refractivity (Wildman–Crippen MR) is 126 cm³/mol. The van der Waals surface area contributed by atoms with Crippen molar-refractivity contribution in [1.82, 2.24) is 0 Å². The van der Waals surface area contributed by atoms with Crippen molar-refractivity contribution in [2.45, 2.75) is 92.5 Å². The van der Waals surface area contributed by atoms with E-state index in [0.717, 1.165) is 72.8 Å². The zero-order valence-electron chi connectivity index (χ0n) is 20.0. The Morgan fingerprint density at radius 3 is 1.75 bits per heavy atom. The molecule has 2 N–H and O–H groups in total. The lowest BCUT2D eigenvalue weighted by atomic mass is 9.57. The number of hydrogen-bond donors (Lipinski definition) is 1. The van der Waals surface area contributed by atoms with Gasteiger partial charge in [-0.25, -0.2) is 0 Å². The monoisotopic (exact) mass is 409 g/mol. The average Bonchev–Trinajstić information content (AvgIpc) is 2.64. The average molecular weight is 410 g/mol. The number of hydrogen-bond acceptors (Lipinski definition) is 2. The Bertz CT molecular complexity index is 395. The van der Waals surface area contributed by atoms with Crippen LogP contribution in [0.15, 0.2) is 0 Å². The second-order valence-corrected chi connectivity index (χ2v) is 12.7. The smallest absolute Gasteiger partial charge is 0.161 e. The van der Waals surface area contributed by atoms with Gasteiger partial charge in [-0.05, 0) is 98.0 Å². The van der Waals surface area contributed by atoms with E-state index in [4.69, 9.17) is 10.2 Å². The van der Waals surface area contributed by atoms with Gasteiger partial charge in [0, 0.05) is 6.61 Å². The maximum absolute atomic E-state index is 6.51. The van der Waals surface area contributed by atoms with E-state index in [0.29, 0.717) is 0 Å². The first-order valence-electron chi connectivity index (χ1n) is 12.6. The van der Waals surface area contributed by atoms with E-state index in [-0.39, 0.29) is 0 Å². The third kappa shape index (κ3) is 6.84. The summed E-state index contributed by atoms with van der Waals surface area (Å²) in [4.78, 5) is 0. The summed E-state index contributed by atoms with van der Waals surface area (Å²) in [6, 6.07) is 1.26. The van der Waals surface area contributed by atoms with Crippen molar-refractivity contribution in [2.24, 2.45) is 59.0 Å². The minimum Gasteiger partial charge on any atom is -0.424 e. The van der Waals surface area contributed by atoms with Crippen molar-refractivity contribution in [2.75, 3.05) is 13.2 Å². The van der Waals surface area contributed by atoms with Crippen molar-refractivity contribution in [1.29, 1.82) is 0 Å². The third-order valence-corrected chi connectivity index (χ3v) is 9.61. The molecule has 3 heteroatoms. The highest BCUT2D eigenvalue weighted by molar-refractivity contribution is 6.26. The molecule has 0 aliphatic heterocycles. The van der Waals surface area contributed by atoms with Crippen LogP contribution in [-0.2, 0) is 4.43 Å². The normalized spacial score (nSPS) is 35.9. The van der Waals surface area contributed by atoms with Gasteiger partial charge in [-0.15, -0.1) is 0 Å². The fraction of sp³-hybridized carbons (Fsp3) is 1.00. The van der Waals surface area contributed by atoms with Crippen molar-refractivity contribution in [3.63, 3.8) is 0 Å². The van der Waals surface area contributed by atoms with Gasteiger partial charge in [0.1, 0.15) is 0 Å². The van der Waals surface area contributed by atoms with Gasteiger partial charge in [0.05, 0.1) is 0 Å². The van der Waals surface area contributed by atoms with E-state index in [2.05, 4.69) is 41.5 Å². The first kappa shape index (κ1) is 24.4. The van der Waals surface area contributed by atoms with E-state index in [1.165, 1.54) is 44.6 Å². The molecular weight excluding hydrogens is 358 g/mol. The summed E-state index contributed by atoms with van der Waals surface area (Å²) in [6.07, 6.45) is 9.80. The van der Waals surface area contributed by atoms with Crippen LogP contribution in [0, 0.1) is 53.3 Å². The molecule has 0 heterocycles. The largest absolute Gasteiger partial charge is 0.424 e. The van der Waals surface area contributed by atoms with Crippen LogP contribution in [0.2, 0.25) is 6.04 Å². The maximum atomic E-state index is 6.51. The molecule has 0 aromatic carbocycles. The first-order valence-corrected chi connectivity index (χ1v) is 14.2. The van der Waals surface area contributed by atoms with Crippen LogP contribution in [0.4, 0.5) is 0 Å². The Kier molecular flexibility index (Phi) is 10.5. The van der Waals surface area contributed by atoms with Gasteiger partial charge in [0.15, 0.2) is 9.76 Å². The fourth-order valence-corrected chi connectivity index (χ4v) is 7.80. The molecule has 0 amide bonds. The van der Waals surface area contributed by atoms with Crippen molar-refractivity contribution < 1.29 is 4.43 Å². The zero-order chi connectivity index (χ0) is 20.7. The summed E-state index contributed by atoms with van der Waals surface area (Å²) >= 11 is 0. The SMILES string of the molecule is CC1CCC(C(C)C)C(C(CO[SiH2]CCCN)C2CC(C)CCC2C(C)C)C1. The Morgan fingerprint density at radius 2 is 1.32 bits per heavy atom. The molecule has 2 aliphatic carbocycles. The highest BCUT2D eigenvalue weighted by Crippen LogP contribution is 2.50. The summed E-state index contributed by atoms with van der Waals surface area (Å²) in [5.74, 6) is 7.77. The zero-order valence-corrected chi connectivity index (χ0v) is 21.4.